The molecular formula is C18H20N2O5S. The molecule has 1 aromatic heterocycles. The van der Waals surface area contributed by atoms with Gasteiger partial charge in [-0.2, -0.15) is 0 Å². The first-order chi connectivity index (χ1) is 12.5. The highest BCUT2D eigenvalue weighted by atomic mass is 32.1. The van der Waals surface area contributed by atoms with Crippen molar-refractivity contribution >= 4 is 29.1 Å². The molecule has 0 radical (unpaired) electrons. The highest BCUT2D eigenvalue weighted by Gasteiger charge is 2.19. The quantitative estimate of drug-likeness (QED) is 0.685. The number of nitrogens with one attached hydrogen (secondary N) is 2. The van der Waals surface area contributed by atoms with E-state index in [4.69, 9.17) is 9.47 Å². The fourth-order valence-corrected chi connectivity index (χ4v) is 2.75. The molecule has 138 valence electrons. The van der Waals surface area contributed by atoms with Gasteiger partial charge in [0, 0.05) is 4.88 Å². The first-order valence-corrected chi connectivity index (χ1v) is 8.80. The lowest BCUT2D eigenvalue weighted by molar-refractivity contribution is -0.153. The molecule has 0 aliphatic rings. The summed E-state index contributed by atoms with van der Waals surface area (Å²) in [5.41, 5.74) is 0.310. The average molecular weight is 376 g/mol. The topological polar surface area (TPSA) is 93.7 Å². The van der Waals surface area contributed by atoms with Gasteiger partial charge >= 0.3 is 5.97 Å². The Kier molecular flexibility index (Phi) is 7.16. The summed E-state index contributed by atoms with van der Waals surface area (Å²) in [7, 11) is 1.46. The van der Waals surface area contributed by atoms with Crippen LogP contribution in [0.5, 0.6) is 5.75 Å². The molecule has 0 fully saturated rings. The normalized spacial score (nSPS) is 11.3. The maximum absolute atomic E-state index is 12.1. The lowest BCUT2D eigenvalue weighted by Gasteiger charge is -2.14. The van der Waals surface area contributed by atoms with Crippen LogP contribution in [0, 0.1) is 0 Å². The average Bonchev–Trinajstić information content (AvgIpc) is 3.17. The third-order valence-electron chi connectivity index (χ3n) is 3.44. The summed E-state index contributed by atoms with van der Waals surface area (Å²) in [6.07, 6.45) is -0.953. The van der Waals surface area contributed by atoms with Crippen molar-refractivity contribution in [1.29, 1.82) is 0 Å². The van der Waals surface area contributed by atoms with Crippen molar-refractivity contribution < 1.29 is 23.9 Å². The van der Waals surface area contributed by atoms with E-state index in [-0.39, 0.29) is 6.54 Å². The first kappa shape index (κ1) is 19.5. The van der Waals surface area contributed by atoms with E-state index in [9.17, 15) is 14.4 Å². The van der Waals surface area contributed by atoms with E-state index in [1.54, 1.807) is 24.3 Å². The van der Waals surface area contributed by atoms with Crippen LogP contribution < -0.4 is 15.4 Å². The van der Waals surface area contributed by atoms with E-state index in [0.717, 1.165) is 4.88 Å². The molecule has 0 saturated heterocycles. The largest absolute Gasteiger partial charge is 0.496 e. The van der Waals surface area contributed by atoms with Crippen LogP contribution in [-0.4, -0.2) is 37.5 Å². The number of hydrogen-bond acceptors (Lipinski definition) is 6. The van der Waals surface area contributed by atoms with Crippen LogP contribution in [0.3, 0.4) is 0 Å². The number of ether oxygens (including phenoxy) is 2. The molecule has 26 heavy (non-hydrogen) atoms. The predicted molar refractivity (Wildman–Crippen MR) is 97.0 cm³/mol. The van der Waals surface area contributed by atoms with E-state index in [1.807, 2.05) is 17.5 Å². The molecule has 1 heterocycles. The molecule has 0 spiro atoms. The molecule has 2 amide bonds. The zero-order valence-electron chi connectivity index (χ0n) is 14.5. The number of carbonyl (C=O) groups excluding carboxylic acids is 3. The van der Waals surface area contributed by atoms with Gasteiger partial charge in [-0.1, -0.05) is 18.2 Å². The Morgan fingerprint density at radius 3 is 2.58 bits per heavy atom. The summed E-state index contributed by atoms with van der Waals surface area (Å²) < 4.78 is 10.1. The Bertz CT molecular complexity index is 761. The van der Waals surface area contributed by atoms with Gasteiger partial charge in [0.15, 0.2) is 6.10 Å². The van der Waals surface area contributed by atoms with Gasteiger partial charge in [-0.15, -0.1) is 11.3 Å². The Balaban J connectivity index is 1.76. The summed E-state index contributed by atoms with van der Waals surface area (Å²) >= 11 is 1.52. The van der Waals surface area contributed by atoms with E-state index in [1.165, 1.54) is 25.4 Å². The summed E-state index contributed by atoms with van der Waals surface area (Å²) in [4.78, 5) is 36.9. The van der Waals surface area contributed by atoms with Crippen molar-refractivity contribution in [1.82, 2.24) is 10.6 Å². The number of hydrogen-bond donors (Lipinski definition) is 2. The summed E-state index contributed by atoms with van der Waals surface area (Å²) in [6, 6.07) is 10.4. The number of benzene rings is 1. The van der Waals surface area contributed by atoms with E-state index < -0.39 is 23.9 Å². The van der Waals surface area contributed by atoms with Gasteiger partial charge in [-0.3, -0.25) is 14.4 Å². The minimum absolute atomic E-state index is 0.310. The maximum Gasteiger partial charge on any atom is 0.326 e. The first-order valence-electron chi connectivity index (χ1n) is 7.92. The molecule has 2 N–H and O–H groups in total. The van der Waals surface area contributed by atoms with Gasteiger partial charge < -0.3 is 20.1 Å². The second-order valence-electron chi connectivity index (χ2n) is 5.31. The minimum atomic E-state index is -0.953. The lowest BCUT2D eigenvalue weighted by Crippen LogP contribution is -2.38. The fraction of sp³-hybridized carbons (Fsp3) is 0.278. The van der Waals surface area contributed by atoms with E-state index in [0.29, 0.717) is 17.9 Å². The highest BCUT2D eigenvalue weighted by molar-refractivity contribution is 7.09. The number of methoxy groups -OCH3 is 1. The number of thiophene rings is 1. The second-order valence-corrected chi connectivity index (χ2v) is 6.34. The SMILES string of the molecule is COc1ccccc1C(=O)NCC(=O)O[C@H](C)C(=O)NCc1cccs1. The van der Waals surface area contributed by atoms with Crippen LogP contribution in [0.15, 0.2) is 41.8 Å². The minimum Gasteiger partial charge on any atom is -0.496 e. The molecule has 0 aliphatic heterocycles. The maximum atomic E-state index is 12.1. The summed E-state index contributed by atoms with van der Waals surface area (Å²) in [5.74, 6) is -1.16. The summed E-state index contributed by atoms with van der Waals surface area (Å²) in [6.45, 7) is 1.51. The van der Waals surface area contributed by atoms with Gasteiger partial charge in [-0.05, 0) is 30.5 Å². The van der Waals surface area contributed by atoms with Gasteiger partial charge in [-0.25, -0.2) is 0 Å². The standard InChI is InChI=1S/C18H20N2O5S/c1-12(17(22)19-10-13-6-5-9-26-13)25-16(21)11-20-18(23)14-7-3-4-8-15(14)24-2/h3-9,12H,10-11H2,1-2H3,(H,19,22)(H,20,23)/t12-/m1/s1. The number of rotatable bonds is 8. The van der Waals surface area contributed by atoms with Crippen molar-refractivity contribution in [2.45, 2.75) is 19.6 Å². The van der Waals surface area contributed by atoms with Gasteiger partial charge in [0.1, 0.15) is 12.3 Å². The summed E-state index contributed by atoms with van der Waals surface area (Å²) in [5, 5.41) is 7.05. The fourth-order valence-electron chi connectivity index (χ4n) is 2.10. The van der Waals surface area contributed by atoms with Crippen molar-refractivity contribution in [3.63, 3.8) is 0 Å². The molecule has 0 bridgehead atoms. The van der Waals surface area contributed by atoms with Crippen LogP contribution in [0.4, 0.5) is 0 Å². The van der Waals surface area contributed by atoms with E-state index in [2.05, 4.69) is 10.6 Å². The Morgan fingerprint density at radius 2 is 1.88 bits per heavy atom. The molecule has 1 aromatic carbocycles. The van der Waals surface area contributed by atoms with Crippen molar-refractivity contribution in [2.24, 2.45) is 0 Å². The lowest BCUT2D eigenvalue weighted by atomic mass is 10.2. The van der Waals surface area contributed by atoms with Crippen molar-refractivity contribution in [3.05, 3.63) is 52.2 Å². The van der Waals surface area contributed by atoms with Crippen LogP contribution in [0.25, 0.3) is 0 Å². The highest BCUT2D eigenvalue weighted by Crippen LogP contribution is 2.16. The van der Waals surface area contributed by atoms with Crippen LogP contribution in [0.1, 0.15) is 22.2 Å². The number of carbonyl (C=O) groups is 3. The van der Waals surface area contributed by atoms with Gasteiger partial charge in [0.2, 0.25) is 0 Å². The molecule has 7 nitrogen and oxygen atoms in total. The van der Waals surface area contributed by atoms with Gasteiger partial charge in [0.05, 0.1) is 19.2 Å². The second kappa shape index (κ2) is 9.57. The van der Waals surface area contributed by atoms with Crippen molar-refractivity contribution in [2.75, 3.05) is 13.7 Å². The molecule has 1 atom stereocenters. The number of para-hydroxylation sites is 1. The van der Waals surface area contributed by atoms with Crippen LogP contribution in [-0.2, 0) is 20.9 Å². The molecule has 0 saturated carbocycles. The molecule has 0 unspecified atom stereocenters. The zero-order chi connectivity index (χ0) is 18.9. The zero-order valence-corrected chi connectivity index (χ0v) is 15.3. The van der Waals surface area contributed by atoms with Crippen LogP contribution in [0.2, 0.25) is 0 Å². The Labute approximate surface area is 155 Å². The molecule has 2 aromatic rings. The Hall–Kier alpha value is -2.87. The number of esters is 1. The Morgan fingerprint density at radius 1 is 1.12 bits per heavy atom. The molecule has 2 rings (SSSR count). The molecular weight excluding hydrogens is 356 g/mol. The third kappa shape index (κ3) is 5.59. The van der Waals surface area contributed by atoms with Gasteiger partial charge in [0.25, 0.3) is 11.8 Å². The predicted octanol–water partition coefficient (Wildman–Crippen LogP) is 1.73. The third-order valence-corrected chi connectivity index (χ3v) is 4.32. The monoisotopic (exact) mass is 376 g/mol. The van der Waals surface area contributed by atoms with Crippen molar-refractivity contribution in [3.8, 4) is 5.75 Å². The van der Waals surface area contributed by atoms with Crippen LogP contribution >= 0.6 is 11.3 Å². The molecule has 0 aliphatic carbocycles. The smallest absolute Gasteiger partial charge is 0.326 e. The number of amides is 2. The molecule has 8 heteroatoms. The van der Waals surface area contributed by atoms with E-state index >= 15 is 0 Å².